The highest BCUT2D eigenvalue weighted by molar-refractivity contribution is 5.27. The molecular formula is C16H29N3. The van der Waals surface area contributed by atoms with Crippen LogP contribution in [0.3, 0.4) is 0 Å². The average Bonchev–Trinajstić information content (AvgIpc) is 2.74. The number of nitrogens with zero attached hydrogens (tertiary/aromatic N) is 2. The third-order valence-corrected chi connectivity index (χ3v) is 4.58. The molecule has 1 aromatic rings. The zero-order valence-electron chi connectivity index (χ0n) is 12.9. The van der Waals surface area contributed by atoms with Gasteiger partial charge in [0.1, 0.15) is 0 Å². The quantitative estimate of drug-likeness (QED) is 0.904. The molecule has 0 saturated heterocycles. The van der Waals surface area contributed by atoms with Crippen LogP contribution in [0.2, 0.25) is 0 Å². The van der Waals surface area contributed by atoms with Gasteiger partial charge in [0.15, 0.2) is 0 Å². The fourth-order valence-corrected chi connectivity index (χ4v) is 3.86. The van der Waals surface area contributed by atoms with Crippen molar-refractivity contribution in [2.45, 2.75) is 72.4 Å². The summed E-state index contributed by atoms with van der Waals surface area (Å²) >= 11 is 0. The van der Waals surface area contributed by atoms with Crippen LogP contribution in [0.25, 0.3) is 0 Å². The Labute approximate surface area is 117 Å². The Bertz CT molecular complexity index is 412. The van der Waals surface area contributed by atoms with Crippen molar-refractivity contribution < 1.29 is 0 Å². The van der Waals surface area contributed by atoms with Gasteiger partial charge in [0.05, 0.1) is 11.7 Å². The predicted octanol–water partition coefficient (Wildman–Crippen LogP) is 3.46. The van der Waals surface area contributed by atoms with Gasteiger partial charge < -0.3 is 5.73 Å². The van der Waals surface area contributed by atoms with E-state index in [9.17, 15) is 0 Å². The third-order valence-electron chi connectivity index (χ3n) is 4.58. The molecule has 2 N–H and O–H groups in total. The standard InChI is InChI=1S/C16H29N3/c1-5-15-14(10-17)16(6-2)19(18-15)13-8-11(3)7-12(4)9-13/h11-13H,5-10,17H2,1-4H3. The van der Waals surface area contributed by atoms with Crippen molar-refractivity contribution in [3.63, 3.8) is 0 Å². The molecule has 0 radical (unpaired) electrons. The molecule has 1 saturated carbocycles. The summed E-state index contributed by atoms with van der Waals surface area (Å²) in [5, 5.41) is 4.90. The van der Waals surface area contributed by atoms with Crippen molar-refractivity contribution >= 4 is 0 Å². The molecule has 1 heterocycles. The van der Waals surface area contributed by atoms with Gasteiger partial charge in [0.25, 0.3) is 0 Å². The van der Waals surface area contributed by atoms with Crippen LogP contribution in [0.1, 0.15) is 70.0 Å². The first-order valence-electron chi connectivity index (χ1n) is 7.89. The number of hydrogen-bond acceptors (Lipinski definition) is 2. The molecular weight excluding hydrogens is 234 g/mol. The molecule has 19 heavy (non-hydrogen) atoms. The fraction of sp³-hybridized carbons (Fsp3) is 0.812. The van der Waals surface area contributed by atoms with Gasteiger partial charge >= 0.3 is 0 Å². The Morgan fingerprint density at radius 3 is 2.21 bits per heavy atom. The van der Waals surface area contributed by atoms with Gasteiger partial charge in [0.2, 0.25) is 0 Å². The van der Waals surface area contributed by atoms with E-state index >= 15 is 0 Å². The molecule has 0 aliphatic heterocycles. The van der Waals surface area contributed by atoms with E-state index in [4.69, 9.17) is 10.8 Å². The summed E-state index contributed by atoms with van der Waals surface area (Å²) in [7, 11) is 0. The summed E-state index contributed by atoms with van der Waals surface area (Å²) < 4.78 is 2.33. The second kappa shape index (κ2) is 6.08. The van der Waals surface area contributed by atoms with Crippen molar-refractivity contribution in [3.05, 3.63) is 17.0 Å². The number of nitrogens with two attached hydrogens (primary N) is 1. The Hall–Kier alpha value is -0.830. The second-order valence-electron chi connectivity index (χ2n) is 6.30. The Morgan fingerprint density at radius 1 is 1.11 bits per heavy atom. The molecule has 1 aromatic heterocycles. The van der Waals surface area contributed by atoms with Gasteiger partial charge in [-0.2, -0.15) is 5.10 Å². The van der Waals surface area contributed by atoms with E-state index in [-0.39, 0.29) is 0 Å². The first-order chi connectivity index (χ1) is 9.10. The normalized spacial score (nSPS) is 27.7. The first kappa shape index (κ1) is 14.6. The molecule has 3 heteroatoms. The van der Waals surface area contributed by atoms with Crippen LogP contribution in [0, 0.1) is 11.8 Å². The lowest BCUT2D eigenvalue weighted by atomic mass is 9.80. The summed E-state index contributed by atoms with van der Waals surface area (Å²) in [5.74, 6) is 1.63. The molecule has 2 unspecified atom stereocenters. The topological polar surface area (TPSA) is 43.8 Å². The lowest BCUT2D eigenvalue weighted by Gasteiger charge is -2.32. The predicted molar refractivity (Wildman–Crippen MR) is 80.1 cm³/mol. The molecule has 0 bridgehead atoms. The number of rotatable bonds is 4. The van der Waals surface area contributed by atoms with Crippen molar-refractivity contribution in [3.8, 4) is 0 Å². The van der Waals surface area contributed by atoms with Crippen molar-refractivity contribution in [1.29, 1.82) is 0 Å². The van der Waals surface area contributed by atoms with Gasteiger partial charge in [-0.25, -0.2) is 0 Å². The summed E-state index contributed by atoms with van der Waals surface area (Å²) in [6.45, 7) is 9.79. The van der Waals surface area contributed by atoms with E-state index in [1.165, 1.54) is 36.2 Å². The van der Waals surface area contributed by atoms with E-state index in [0.717, 1.165) is 24.7 Å². The zero-order valence-corrected chi connectivity index (χ0v) is 12.9. The smallest absolute Gasteiger partial charge is 0.0669 e. The van der Waals surface area contributed by atoms with E-state index in [1.54, 1.807) is 0 Å². The minimum atomic E-state index is 0.583. The first-order valence-corrected chi connectivity index (χ1v) is 7.89. The Balaban J connectivity index is 2.35. The van der Waals surface area contributed by atoms with E-state index in [2.05, 4.69) is 32.4 Å². The van der Waals surface area contributed by atoms with E-state index < -0.39 is 0 Å². The van der Waals surface area contributed by atoms with E-state index in [0.29, 0.717) is 12.6 Å². The van der Waals surface area contributed by atoms with Crippen LogP contribution in [0.15, 0.2) is 0 Å². The average molecular weight is 263 g/mol. The highest BCUT2D eigenvalue weighted by Gasteiger charge is 2.28. The van der Waals surface area contributed by atoms with Gasteiger partial charge in [0, 0.05) is 17.8 Å². The molecule has 1 aliphatic carbocycles. The monoisotopic (exact) mass is 263 g/mol. The maximum absolute atomic E-state index is 5.95. The molecule has 1 fully saturated rings. The molecule has 108 valence electrons. The Kier molecular flexibility index (Phi) is 4.67. The van der Waals surface area contributed by atoms with Crippen LogP contribution in [0.5, 0.6) is 0 Å². The second-order valence-corrected chi connectivity index (χ2v) is 6.30. The van der Waals surface area contributed by atoms with Crippen LogP contribution >= 0.6 is 0 Å². The number of aryl methyl sites for hydroxylation is 1. The maximum atomic E-state index is 5.95. The van der Waals surface area contributed by atoms with Crippen molar-refractivity contribution in [2.24, 2.45) is 17.6 Å². The van der Waals surface area contributed by atoms with Crippen LogP contribution < -0.4 is 5.73 Å². The minimum Gasteiger partial charge on any atom is -0.326 e. The number of aromatic nitrogens is 2. The summed E-state index contributed by atoms with van der Waals surface area (Å²) in [6.07, 6.45) is 5.94. The lowest BCUT2D eigenvalue weighted by molar-refractivity contribution is 0.206. The Morgan fingerprint density at radius 2 is 1.74 bits per heavy atom. The molecule has 2 atom stereocenters. The molecule has 3 nitrogen and oxygen atoms in total. The minimum absolute atomic E-state index is 0.583. The van der Waals surface area contributed by atoms with Gasteiger partial charge in [-0.1, -0.05) is 27.7 Å². The molecule has 0 aromatic carbocycles. The highest BCUT2D eigenvalue weighted by atomic mass is 15.3. The molecule has 0 spiro atoms. The summed E-state index contributed by atoms with van der Waals surface area (Å²) in [5.41, 5.74) is 9.84. The van der Waals surface area contributed by atoms with Crippen LogP contribution in [-0.4, -0.2) is 9.78 Å². The fourth-order valence-electron chi connectivity index (χ4n) is 3.86. The van der Waals surface area contributed by atoms with Crippen molar-refractivity contribution in [1.82, 2.24) is 9.78 Å². The molecule has 0 amide bonds. The van der Waals surface area contributed by atoms with Crippen LogP contribution in [-0.2, 0) is 19.4 Å². The summed E-state index contributed by atoms with van der Waals surface area (Å²) in [6, 6.07) is 0.583. The van der Waals surface area contributed by atoms with E-state index in [1.807, 2.05) is 0 Å². The SMILES string of the molecule is CCc1nn(C2CC(C)CC(C)C2)c(CC)c1CN. The maximum Gasteiger partial charge on any atom is 0.0669 e. The molecule has 1 aliphatic rings. The number of hydrogen-bond donors (Lipinski definition) is 1. The van der Waals surface area contributed by atoms with Gasteiger partial charge in [-0.3, -0.25) is 4.68 Å². The van der Waals surface area contributed by atoms with Gasteiger partial charge in [-0.15, -0.1) is 0 Å². The third kappa shape index (κ3) is 2.86. The van der Waals surface area contributed by atoms with Crippen LogP contribution in [0.4, 0.5) is 0 Å². The zero-order chi connectivity index (χ0) is 14.0. The largest absolute Gasteiger partial charge is 0.326 e. The lowest BCUT2D eigenvalue weighted by Crippen LogP contribution is -2.24. The molecule has 2 rings (SSSR count). The summed E-state index contributed by atoms with van der Waals surface area (Å²) in [4.78, 5) is 0. The van der Waals surface area contributed by atoms with Gasteiger partial charge in [-0.05, 0) is 43.9 Å². The highest BCUT2D eigenvalue weighted by Crippen LogP contribution is 2.37. The van der Waals surface area contributed by atoms with Crippen molar-refractivity contribution in [2.75, 3.05) is 0 Å².